The van der Waals surface area contributed by atoms with Gasteiger partial charge in [0, 0.05) is 18.2 Å². The summed E-state index contributed by atoms with van der Waals surface area (Å²) in [5, 5.41) is 0. The molecule has 19 heavy (non-hydrogen) atoms. The number of carbonyl (C=O) groups is 1. The van der Waals surface area contributed by atoms with E-state index in [1.807, 2.05) is 24.3 Å². The topological polar surface area (TPSA) is 38.7 Å². The lowest BCUT2D eigenvalue weighted by atomic mass is 9.93. The Kier molecular flexibility index (Phi) is 2.88. The lowest BCUT2D eigenvalue weighted by molar-refractivity contribution is -0.136. The molecular weight excluding hydrogens is 238 g/mol. The first kappa shape index (κ1) is 11.7. The Morgan fingerprint density at radius 2 is 2.16 bits per heavy atom. The van der Waals surface area contributed by atoms with Crippen LogP contribution in [0.1, 0.15) is 17.5 Å². The Morgan fingerprint density at radius 1 is 1.32 bits per heavy atom. The van der Waals surface area contributed by atoms with Crippen LogP contribution in [0.3, 0.4) is 0 Å². The van der Waals surface area contributed by atoms with Crippen molar-refractivity contribution in [1.29, 1.82) is 0 Å². The lowest BCUT2D eigenvalue weighted by Crippen LogP contribution is -2.15. The van der Waals surface area contributed by atoms with Gasteiger partial charge in [0.05, 0.1) is 18.4 Å². The first-order valence-electron chi connectivity index (χ1n) is 6.12. The number of ether oxygens (including phenoxy) is 1. The highest BCUT2D eigenvalue weighted by molar-refractivity contribution is 6.17. The van der Waals surface area contributed by atoms with Crippen LogP contribution < -0.4 is 0 Å². The number of hydrogen-bond donors (Lipinski definition) is 0. The number of esters is 1. The molecule has 0 saturated carbocycles. The Balaban J connectivity index is 2.10. The number of rotatable bonds is 1. The quantitative estimate of drug-likeness (QED) is 0.720. The molecule has 0 saturated heterocycles. The van der Waals surface area contributed by atoms with Crippen molar-refractivity contribution >= 4 is 17.8 Å². The molecule has 0 atom stereocenters. The van der Waals surface area contributed by atoms with Crippen molar-refractivity contribution in [2.45, 2.75) is 6.42 Å². The number of methoxy groups -OCH3 is 1. The largest absolute Gasteiger partial charge is 0.466 e. The Bertz CT molecular complexity index is 663. The third-order valence-electron chi connectivity index (χ3n) is 3.27. The molecule has 0 unspecified atom stereocenters. The van der Waals surface area contributed by atoms with E-state index in [0.29, 0.717) is 12.0 Å². The number of nitrogens with zero attached hydrogens (tertiary/aromatic N) is 1. The molecule has 1 aromatic carbocycles. The highest BCUT2D eigenvalue weighted by Gasteiger charge is 2.22. The smallest absolute Gasteiger partial charge is 0.335 e. The minimum atomic E-state index is -0.315. The first-order valence-corrected chi connectivity index (χ1v) is 6.12. The number of aliphatic imine (C=N–C) groups is 1. The van der Waals surface area contributed by atoms with E-state index in [0.717, 1.165) is 22.4 Å². The van der Waals surface area contributed by atoms with Crippen molar-refractivity contribution in [3.8, 4) is 0 Å². The zero-order chi connectivity index (χ0) is 13.2. The fourth-order valence-corrected chi connectivity index (χ4v) is 2.32. The van der Waals surface area contributed by atoms with Gasteiger partial charge in [-0.15, -0.1) is 0 Å². The molecule has 0 amide bonds. The minimum Gasteiger partial charge on any atom is -0.466 e. The van der Waals surface area contributed by atoms with Crippen molar-refractivity contribution in [1.82, 2.24) is 0 Å². The third-order valence-corrected chi connectivity index (χ3v) is 3.27. The standard InChI is InChI=1S/C16H13NO2/c1-19-16(18)13-9-12-7-4-6-11-5-2-3-8-14(11)15(12)17-10-13/h2-8,10H,9H2,1H3. The molecular formula is C16H13NO2. The van der Waals surface area contributed by atoms with Crippen LogP contribution in [0.15, 0.2) is 58.8 Å². The molecule has 0 bridgehead atoms. The molecule has 0 radical (unpaired) electrons. The molecule has 0 aromatic heterocycles. The van der Waals surface area contributed by atoms with Gasteiger partial charge in [-0.25, -0.2) is 4.79 Å². The highest BCUT2D eigenvalue weighted by Crippen LogP contribution is 2.27. The summed E-state index contributed by atoms with van der Waals surface area (Å²) in [5.41, 5.74) is 4.81. The Morgan fingerprint density at radius 3 is 3.00 bits per heavy atom. The summed E-state index contributed by atoms with van der Waals surface area (Å²) in [7, 11) is 1.39. The van der Waals surface area contributed by atoms with E-state index >= 15 is 0 Å². The summed E-state index contributed by atoms with van der Waals surface area (Å²) in [6, 6.07) is 8.12. The molecule has 3 rings (SSSR count). The molecule has 0 N–H and O–H groups in total. The minimum absolute atomic E-state index is 0.315. The number of hydrogen-bond acceptors (Lipinski definition) is 3. The summed E-state index contributed by atoms with van der Waals surface area (Å²) in [6.07, 6.45) is 8.23. The number of benzene rings is 1. The molecule has 2 aliphatic rings. The van der Waals surface area contributed by atoms with Gasteiger partial charge in [-0.2, -0.15) is 0 Å². The van der Waals surface area contributed by atoms with Gasteiger partial charge in [0.15, 0.2) is 0 Å². The van der Waals surface area contributed by atoms with Gasteiger partial charge in [-0.3, -0.25) is 4.99 Å². The van der Waals surface area contributed by atoms with Crippen LogP contribution in [0.5, 0.6) is 0 Å². The summed E-state index contributed by atoms with van der Waals surface area (Å²) < 4.78 is 4.75. The van der Waals surface area contributed by atoms with Crippen LogP contribution in [0, 0.1) is 0 Å². The maximum atomic E-state index is 11.6. The van der Waals surface area contributed by atoms with Crippen LogP contribution in [0.2, 0.25) is 0 Å². The fourth-order valence-electron chi connectivity index (χ4n) is 2.32. The monoisotopic (exact) mass is 251 g/mol. The van der Waals surface area contributed by atoms with Gasteiger partial charge < -0.3 is 4.74 Å². The molecule has 1 aromatic rings. The Labute approximate surface area is 111 Å². The number of carbonyl (C=O) groups excluding carboxylic acids is 1. The molecule has 1 heterocycles. The van der Waals surface area contributed by atoms with Crippen LogP contribution in [-0.4, -0.2) is 18.8 Å². The van der Waals surface area contributed by atoms with Crippen molar-refractivity contribution in [3.05, 3.63) is 64.9 Å². The highest BCUT2D eigenvalue weighted by atomic mass is 16.5. The van der Waals surface area contributed by atoms with Gasteiger partial charge >= 0.3 is 5.97 Å². The molecule has 0 fully saturated rings. The second kappa shape index (κ2) is 4.69. The van der Waals surface area contributed by atoms with Gasteiger partial charge in [0.2, 0.25) is 0 Å². The van der Waals surface area contributed by atoms with E-state index < -0.39 is 0 Å². The zero-order valence-electron chi connectivity index (χ0n) is 10.6. The first-order chi connectivity index (χ1) is 9.29. The van der Waals surface area contributed by atoms with E-state index in [9.17, 15) is 4.79 Å². The van der Waals surface area contributed by atoms with Crippen molar-refractivity contribution < 1.29 is 9.53 Å². The Hall–Kier alpha value is -2.42. The molecule has 3 heteroatoms. The number of allylic oxidation sites excluding steroid dienone is 3. The van der Waals surface area contributed by atoms with Crippen LogP contribution >= 0.6 is 0 Å². The maximum Gasteiger partial charge on any atom is 0.335 e. The van der Waals surface area contributed by atoms with E-state index in [-0.39, 0.29) is 5.97 Å². The lowest BCUT2D eigenvalue weighted by Gasteiger charge is -2.16. The van der Waals surface area contributed by atoms with E-state index in [1.54, 1.807) is 6.20 Å². The van der Waals surface area contributed by atoms with Gasteiger partial charge in [0.25, 0.3) is 0 Å². The molecule has 94 valence electrons. The van der Waals surface area contributed by atoms with E-state index in [2.05, 4.69) is 23.2 Å². The summed E-state index contributed by atoms with van der Waals surface area (Å²) in [6.45, 7) is 0. The van der Waals surface area contributed by atoms with Gasteiger partial charge in [-0.05, 0) is 11.1 Å². The van der Waals surface area contributed by atoms with E-state index in [4.69, 9.17) is 4.74 Å². The average Bonchev–Trinajstić information content (AvgIpc) is 2.65. The third kappa shape index (κ3) is 2.03. The summed E-state index contributed by atoms with van der Waals surface area (Å²) >= 11 is 0. The normalized spacial score (nSPS) is 16.4. The average molecular weight is 251 g/mol. The maximum absolute atomic E-state index is 11.6. The SMILES string of the molecule is COC(=O)C1=CN=C2C(=CC=Cc3ccccc32)C1. The van der Waals surface area contributed by atoms with Crippen molar-refractivity contribution in [2.24, 2.45) is 4.99 Å². The molecule has 0 spiro atoms. The van der Waals surface area contributed by atoms with Crippen molar-refractivity contribution in [2.75, 3.05) is 7.11 Å². The zero-order valence-corrected chi connectivity index (χ0v) is 10.6. The van der Waals surface area contributed by atoms with Crippen molar-refractivity contribution in [3.63, 3.8) is 0 Å². The second-order valence-corrected chi connectivity index (χ2v) is 4.44. The molecule has 3 nitrogen and oxygen atoms in total. The summed E-state index contributed by atoms with van der Waals surface area (Å²) in [4.78, 5) is 16.0. The van der Waals surface area contributed by atoms with Gasteiger partial charge in [-0.1, -0.05) is 42.5 Å². The predicted octanol–water partition coefficient (Wildman–Crippen LogP) is 2.89. The second-order valence-electron chi connectivity index (χ2n) is 4.44. The fraction of sp³-hybridized carbons (Fsp3) is 0.125. The van der Waals surface area contributed by atoms with Crippen LogP contribution in [0.4, 0.5) is 0 Å². The van der Waals surface area contributed by atoms with Crippen LogP contribution in [0.25, 0.3) is 6.08 Å². The van der Waals surface area contributed by atoms with E-state index in [1.165, 1.54) is 7.11 Å². The van der Waals surface area contributed by atoms with Crippen LogP contribution in [-0.2, 0) is 9.53 Å². The number of fused-ring (bicyclic) bond motifs is 3. The molecule has 1 aliphatic heterocycles. The summed E-state index contributed by atoms with van der Waals surface area (Å²) in [5.74, 6) is -0.315. The molecule has 1 aliphatic carbocycles. The predicted molar refractivity (Wildman–Crippen MR) is 74.8 cm³/mol. The van der Waals surface area contributed by atoms with Gasteiger partial charge in [0.1, 0.15) is 0 Å².